The molecule has 0 bridgehead atoms. The Morgan fingerprint density at radius 1 is 1.82 bits per heavy atom. The minimum Gasteiger partial charge on any atom is -0.383 e. The van der Waals surface area contributed by atoms with Crippen LogP contribution in [0.15, 0.2) is 11.6 Å². The molecule has 11 heavy (non-hydrogen) atoms. The average molecular weight is 175 g/mol. The molecule has 1 rings (SSSR count). The summed E-state index contributed by atoms with van der Waals surface area (Å²) in [5, 5.41) is 11.4. The van der Waals surface area contributed by atoms with Crippen LogP contribution >= 0.6 is 11.3 Å². The highest BCUT2D eigenvalue weighted by Gasteiger charge is 2.19. The fourth-order valence-electron chi connectivity index (χ4n) is 0.759. The number of thiazole rings is 1. The summed E-state index contributed by atoms with van der Waals surface area (Å²) in [6, 6.07) is 0. The largest absolute Gasteiger partial charge is 0.383 e. The number of hydrogen-bond acceptors (Lipinski definition) is 3. The van der Waals surface area contributed by atoms with E-state index in [-0.39, 0.29) is 0 Å². The average Bonchev–Trinajstić information content (AvgIpc) is 2.53. The van der Waals surface area contributed by atoms with Crippen LogP contribution < -0.4 is 0 Å². The molecule has 1 N–H and O–H groups in total. The van der Waals surface area contributed by atoms with Crippen LogP contribution in [-0.4, -0.2) is 16.3 Å². The second-order valence-electron chi connectivity index (χ2n) is 2.24. The maximum Gasteiger partial charge on any atom is 0.137 e. The fraction of sp³-hybridized carbons (Fsp3) is 0.571. The van der Waals surface area contributed by atoms with Crippen LogP contribution in [0, 0.1) is 0 Å². The van der Waals surface area contributed by atoms with E-state index in [0.717, 1.165) is 0 Å². The highest BCUT2D eigenvalue weighted by atomic mass is 32.1. The normalized spacial score (nSPS) is 16.3. The number of aliphatic hydroxyl groups excluding tert-OH is 1. The third-order valence-corrected chi connectivity index (χ3v) is 2.28. The van der Waals surface area contributed by atoms with Crippen LogP contribution in [0.2, 0.25) is 0 Å². The number of hydrogen-bond donors (Lipinski definition) is 1. The van der Waals surface area contributed by atoms with Crippen molar-refractivity contribution in [2.45, 2.75) is 25.6 Å². The Hall–Kier alpha value is -0.480. The molecular formula is C7H10FNOS. The van der Waals surface area contributed by atoms with Crippen LogP contribution in [0.5, 0.6) is 0 Å². The summed E-state index contributed by atoms with van der Waals surface area (Å²) < 4.78 is 12.8. The van der Waals surface area contributed by atoms with Gasteiger partial charge in [0.25, 0.3) is 0 Å². The van der Waals surface area contributed by atoms with Crippen molar-refractivity contribution in [3.05, 3.63) is 16.6 Å². The molecule has 0 aliphatic heterocycles. The quantitative estimate of drug-likeness (QED) is 0.761. The molecule has 0 aliphatic carbocycles. The van der Waals surface area contributed by atoms with Crippen molar-refractivity contribution in [1.82, 2.24) is 4.98 Å². The Morgan fingerprint density at radius 2 is 2.55 bits per heavy atom. The van der Waals surface area contributed by atoms with Gasteiger partial charge < -0.3 is 5.11 Å². The van der Waals surface area contributed by atoms with Crippen LogP contribution in [0.4, 0.5) is 4.39 Å². The van der Waals surface area contributed by atoms with E-state index in [4.69, 9.17) is 0 Å². The first-order chi connectivity index (χ1) is 5.25. The van der Waals surface area contributed by atoms with Gasteiger partial charge in [0.05, 0.1) is 0 Å². The Bertz CT molecular complexity index is 202. The zero-order chi connectivity index (χ0) is 8.27. The van der Waals surface area contributed by atoms with Gasteiger partial charge in [-0.15, -0.1) is 11.3 Å². The van der Waals surface area contributed by atoms with Crippen LogP contribution in [-0.2, 0) is 0 Å². The molecule has 2 nitrogen and oxygen atoms in total. The number of aromatic nitrogens is 1. The van der Waals surface area contributed by atoms with Crippen LogP contribution in [0.25, 0.3) is 0 Å². The number of halogens is 1. The van der Waals surface area contributed by atoms with E-state index >= 15 is 0 Å². The molecule has 2 unspecified atom stereocenters. The van der Waals surface area contributed by atoms with Crippen molar-refractivity contribution < 1.29 is 9.50 Å². The molecule has 1 aromatic heterocycles. The maximum absolute atomic E-state index is 12.8. The number of rotatable bonds is 3. The van der Waals surface area contributed by atoms with E-state index in [1.807, 2.05) is 0 Å². The lowest BCUT2D eigenvalue weighted by atomic mass is 10.2. The van der Waals surface area contributed by atoms with Crippen molar-refractivity contribution in [2.24, 2.45) is 0 Å². The summed E-state index contributed by atoms with van der Waals surface area (Å²) >= 11 is 1.27. The zero-order valence-corrected chi connectivity index (χ0v) is 7.01. The van der Waals surface area contributed by atoms with Gasteiger partial charge in [0.15, 0.2) is 0 Å². The van der Waals surface area contributed by atoms with E-state index in [1.165, 1.54) is 11.3 Å². The topological polar surface area (TPSA) is 33.1 Å². The Balaban J connectivity index is 2.62. The molecule has 0 aromatic carbocycles. The Kier molecular flexibility index (Phi) is 2.96. The van der Waals surface area contributed by atoms with Gasteiger partial charge >= 0.3 is 0 Å². The van der Waals surface area contributed by atoms with E-state index in [2.05, 4.69) is 4.98 Å². The monoisotopic (exact) mass is 175 g/mol. The molecule has 0 fully saturated rings. The van der Waals surface area contributed by atoms with Gasteiger partial charge in [0.1, 0.15) is 17.3 Å². The molecule has 62 valence electrons. The first-order valence-electron chi connectivity index (χ1n) is 3.47. The smallest absolute Gasteiger partial charge is 0.137 e. The molecule has 0 amide bonds. The lowest BCUT2D eigenvalue weighted by Gasteiger charge is -2.09. The predicted molar refractivity (Wildman–Crippen MR) is 42.3 cm³/mol. The standard InChI is InChI=1S/C7H10FNOS/c1-2-5(8)6(10)7-9-3-4-11-7/h3-6,10H,2H2,1H3. The van der Waals surface area contributed by atoms with Crippen molar-refractivity contribution in [3.63, 3.8) is 0 Å². The van der Waals surface area contributed by atoms with Crippen molar-refractivity contribution in [1.29, 1.82) is 0 Å². The highest BCUT2D eigenvalue weighted by molar-refractivity contribution is 7.09. The summed E-state index contributed by atoms with van der Waals surface area (Å²) in [6.45, 7) is 1.70. The Labute approximate surface area is 68.7 Å². The van der Waals surface area contributed by atoms with Crippen LogP contribution in [0.1, 0.15) is 24.5 Å². The summed E-state index contributed by atoms with van der Waals surface area (Å²) in [6.07, 6.45) is -0.354. The van der Waals surface area contributed by atoms with E-state index < -0.39 is 12.3 Å². The lowest BCUT2D eigenvalue weighted by Crippen LogP contribution is -2.11. The molecule has 1 heterocycles. The van der Waals surface area contributed by atoms with Crippen LogP contribution in [0.3, 0.4) is 0 Å². The molecule has 0 radical (unpaired) electrons. The van der Waals surface area contributed by atoms with E-state index in [0.29, 0.717) is 11.4 Å². The van der Waals surface area contributed by atoms with Gasteiger partial charge in [0.2, 0.25) is 0 Å². The first-order valence-corrected chi connectivity index (χ1v) is 4.35. The summed E-state index contributed by atoms with van der Waals surface area (Å²) in [5.41, 5.74) is 0. The Morgan fingerprint density at radius 3 is 3.00 bits per heavy atom. The number of aliphatic hydroxyl groups is 1. The molecule has 2 atom stereocenters. The van der Waals surface area contributed by atoms with Gasteiger partial charge in [-0.05, 0) is 6.42 Å². The van der Waals surface area contributed by atoms with E-state index in [9.17, 15) is 9.50 Å². The molecule has 1 aromatic rings. The number of alkyl halides is 1. The molecule has 0 aliphatic rings. The summed E-state index contributed by atoms with van der Waals surface area (Å²) in [4.78, 5) is 3.81. The van der Waals surface area contributed by atoms with Gasteiger partial charge in [-0.2, -0.15) is 0 Å². The third kappa shape index (κ3) is 1.97. The van der Waals surface area contributed by atoms with Crippen molar-refractivity contribution in [3.8, 4) is 0 Å². The van der Waals surface area contributed by atoms with Gasteiger partial charge in [0, 0.05) is 11.6 Å². The van der Waals surface area contributed by atoms with E-state index in [1.54, 1.807) is 18.5 Å². The summed E-state index contributed by atoms with van der Waals surface area (Å²) in [5.74, 6) is 0. The fourth-order valence-corrected chi connectivity index (χ4v) is 1.43. The molecule has 0 saturated heterocycles. The lowest BCUT2D eigenvalue weighted by molar-refractivity contribution is 0.0752. The molecule has 0 spiro atoms. The van der Waals surface area contributed by atoms with Crippen molar-refractivity contribution in [2.75, 3.05) is 0 Å². The van der Waals surface area contributed by atoms with Gasteiger partial charge in [-0.3, -0.25) is 0 Å². The third-order valence-electron chi connectivity index (χ3n) is 1.44. The highest BCUT2D eigenvalue weighted by Crippen LogP contribution is 2.22. The predicted octanol–water partition coefficient (Wildman–Crippen LogP) is 1.92. The van der Waals surface area contributed by atoms with Gasteiger partial charge in [-0.1, -0.05) is 6.92 Å². The number of nitrogens with zero attached hydrogens (tertiary/aromatic N) is 1. The zero-order valence-electron chi connectivity index (χ0n) is 6.20. The first kappa shape index (κ1) is 8.62. The second kappa shape index (κ2) is 3.78. The molecular weight excluding hydrogens is 165 g/mol. The van der Waals surface area contributed by atoms with Gasteiger partial charge in [-0.25, -0.2) is 9.37 Å². The summed E-state index contributed by atoms with van der Waals surface area (Å²) in [7, 11) is 0. The second-order valence-corrected chi connectivity index (χ2v) is 3.17. The van der Waals surface area contributed by atoms with Crippen molar-refractivity contribution >= 4 is 11.3 Å². The molecule has 4 heteroatoms. The maximum atomic E-state index is 12.8. The minimum atomic E-state index is -1.19. The molecule has 0 saturated carbocycles. The minimum absolute atomic E-state index is 0.320. The SMILES string of the molecule is CCC(F)C(O)c1nccs1.